The Morgan fingerprint density at radius 3 is 2.11 bits per heavy atom. The van der Waals surface area contributed by atoms with Crippen LogP contribution in [0, 0.1) is 0 Å². The van der Waals surface area contributed by atoms with Gasteiger partial charge in [0.2, 0.25) is 5.91 Å². The second-order valence-corrected chi connectivity index (χ2v) is 10.4. The number of amides is 2. The summed E-state index contributed by atoms with van der Waals surface area (Å²) in [5.41, 5.74) is 3.58. The smallest absolute Gasteiger partial charge is 0.255 e. The molecule has 0 aliphatic rings. The van der Waals surface area contributed by atoms with Crippen molar-refractivity contribution in [3.63, 3.8) is 0 Å². The first kappa shape index (κ1) is 26.3. The third-order valence-corrected chi connectivity index (χ3v) is 6.01. The molecule has 0 radical (unpaired) electrons. The summed E-state index contributed by atoms with van der Waals surface area (Å²) >= 11 is 12.1. The number of hydrogen-bond donors (Lipinski definition) is 2. The number of carbonyl (C=O) groups is 2. The van der Waals surface area contributed by atoms with E-state index in [4.69, 9.17) is 27.6 Å². The Balaban J connectivity index is 1.37. The number of rotatable bonds is 6. The molecule has 0 atom stereocenters. The molecule has 0 spiro atoms. The maximum atomic E-state index is 12.7. The SMILES string of the molecule is CC(C)(C)c1ccc(C(=O)Nc2cccc(NC(=O)/C=C/c3ccc(-c4cc(Cl)cc(Cl)c4)o3)c2)cc1. The molecule has 2 N–H and O–H groups in total. The van der Waals surface area contributed by atoms with Crippen LogP contribution in [0.4, 0.5) is 11.4 Å². The largest absolute Gasteiger partial charge is 0.457 e. The van der Waals surface area contributed by atoms with Crippen molar-refractivity contribution in [2.45, 2.75) is 26.2 Å². The van der Waals surface area contributed by atoms with Crippen molar-refractivity contribution in [2.75, 3.05) is 10.6 Å². The fourth-order valence-corrected chi connectivity index (χ4v) is 4.16. The van der Waals surface area contributed by atoms with Gasteiger partial charge in [-0.2, -0.15) is 0 Å². The molecule has 0 bridgehead atoms. The number of nitrogens with one attached hydrogen (secondary N) is 2. The van der Waals surface area contributed by atoms with Gasteiger partial charge in [0.1, 0.15) is 11.5 Å². The summed E-state index contributed by atoms with van der Waals surface area (Å²) in [6.07, 6.45) is 2.94. The van der Waals surface area contributed by atoms with Crippen LogP contribution in [-0.2, 0) is 10.2 Å². The van der Waals surface area contributed by atoms with Gasteiger partial charge in [0, 0.05) is 38.6 Å². The van der Waals surface area contributed by atoms with Crippen molar-refractivity contribution in [2.24, 2.45) is 0 Å². The van der Waals surface area contributed by atoms with Crippen LogP contribution in [0.1, 0.15) is 42.5 Å². The molecule has 2 amide bonds. The number of hydrogen-bond acceptors (Lipinski definition) is 3. The number of anilines is 2. The van der Waals surface area contributed by atoms with Gasteiger partial charge in [-0.15, -0.1) is 0 Å². The van der Waals surface area contributed by atoms with Crippen LogP contribution in [0.25, 0.3) is 17.4 Å². The van der Waals surface area contributed by atoms with E-state index in [1.54, 1.807) is 60.7 Å². The van der Waals surface area contributed by atoms with E-state index in [1.165, 1.54) is 6.08 Å². The Labute approximate surface area is 226 Å². The average Bonchev–Trinajstić information content (AvgIpc) is 3.31. The average molecular weight is 533 g/mol. The molecule has 4 rings (SSSR count). The predicted octanol–water partition coefficient (Wildman–Crippen LogP) is 8.46. The lowest BCUT2D eigenvalue weighted by Gasteiger charge is -2.19. The Bertz CT molecular complexity index is 1440. The molecule has 37 heavy (non-hydrogen) atoms. The van der Waals surface area contributed by atoms with E-state index in [-0.39, 0.29) is 17.2 Å². The third-order valence-electron chi connectivity index (χ3n) is 5.57. The number of carbonyl (C=O) groups excluding carboxylic acids is 2. The lowest BCUT2D eigenvalue weighted by atomic mass is 9.87. The van der Waals surface area contributed by atoms with Gasteiger partial charge in [0.05, 0.1) is 0 Å². The van der Waals surface area contributed by atoms with E-state index in [2.05, 4.69) is 31.4 Å². The minimum Gasteiger partial charge on any atom is -0.457 e. The quantitative estimate of drug-likeness (QED) is 0.244. The second-order valence-electron chi connectivity index (χ2n) is 9.55. The van der Waals surface area contributed by atoms with Crippen LogP contribution in [-0.4, -0.2) is 11.8 Å². The summed E-state index contributed by atoms with van der Waals surface area (Å²) in [4.78, 5) is 25.1. The highest BCUT2D eigenvalue weighted by Gasteiger charge is 2.14. The molecule has 0 aliphatic heterocycles. The van der Waals surface area contributed by atoms with Crippen LogP contribution in [0.3, 0.4) is 0 Å². The highest BCUT2D eigenvalue weighted by molar-refractivity contribution is 6.35. The van der Waals surface area contributed by atoms with Crippen LogP contribution in [0.2, 0.25) is 10.0 Å². The molecule has 1 heterocycles. The first-order valence-corrected chi connectivity index (χ1v) is 12.4. The van der Waals surface area contributed by atoms with E-state index >= 15 is 0 Å². The zero-order valence-corrected chi connectivity index (χ0v) is 22.2. The maximum absolute atomic E-state index is 12.7. The maximum Gasteiger partial charge on any atom is 0.255 e. The zero-order chi connectivity index (χ0) is 26.6. The van der Waals surface area contributed by atoms with Crippen molar-refractivity contribution < 1.29 is 14.0 Å². The molecule has 0 aliphatic carbocycles. The number of furan rings is 1. The molecule has 188 valence electrons. The van der Waals surface area contributed by atoms with Crippen LogP contribution >= 0.6 is 23.2 Å². The predicted molar refractivity (Wildman–Crippen MR) is 151 cm³/mol. The molecule has 3 aromatic carbocycles. The Kier molecular flexibility index (Phi) is 7.86. The van der Waals surface area contributed by atoms with E-state index in [0.717, 1.165) is 11.1 Å². The van der Waals surface area contributed by atoms with Crippen molar-refractivity contribution in [3.05, 3.63) is 112 Å². The molecule has 0 fully saturated rings. The minimum absolute atomic E-state index is 0.0136. The molecule has 0 saturated heterocycles. The van der Waals surface area contributed by atoms with Crippen LogP contribution in [0.5, 0.6) is 0 Å². The van der Waals surface area contributed by atoms with Gasteiger partial charge >= 0.3 is 0 Å². The van der Waals surface area contributed by atoms with Gasteiger partial charge < -0.3 is 15.1 Å². The number of halogens is 2. The van der Waals surface area contributed by atoms with Crippen molar-refractivity contribution in [3.8, 4) is 11.3 Å². The van der Waals surface area contributed by atoms with Gasteiger partial charge in [0.25, 0.3) is 5.91 Å². The van der Waals surface area contributed by atoms with Gasteiger partial charge in [-0.1, -0.05) is 62.2 Å². The van der Waals surface area contributed by atoms with Crippen LogP contribution in [0.15, 0.2) is 89.4 Å². The molecule has 5 nitrogen and oxygen atoms in total. The summed E-state index contributed by atoms with van der Waals surface area (Å²) in [5, 5.41) is 6.67. The van der Waals surface area contributed by atoms with Crippen molar-refractivity contribution in [1.29, 1.82) is 0 Å². The second kappa shape index (κ2) is 11.1. The van der Waals surface area contributed by atoms with E-state index in [1.807, 2.05) is 24.3 Å². The minimum atomic E-state index is -0.343. The summed E-state index contributed by atoms with van der Waals surface area (Å²) < 4.78 is 5.78. The molecule has 4 aromatic rings. The molecule has 7 heteroatoms. The van der Waals surface area contributed by atoms with Gasteiger partial charge in [-0.3, -0.25) is 9.59 Å². The van der Waals surface area contributed by atoms with Gasteiger partial charge in [-0.05, 0) is 77.7 Å². The molecular weight excluding hydrogens is 507 g/mol. The summed E-state index contributed by atoms with van der Waals surface area (Å²) in [6, 6.07) is 23.2. The van der Waals surface area contributed by atoms with Crippen LogP contribution < -0.4 is 10.6 Å². The molecule has 1 aromatic heterocycles. The van der Waals surface area contributed by atoms with Gasteiger partial charge in [0.15, 0.2) is 0 Å². The highest BCUT2D eigenvalue weighted by atomic mass is 35.5. The molecular formula is C30H26Cl2N2O3. The topological polar surface area (TPSA) is 71.3 Å². The fraction of sp³-hybridized carbons (Fsp3) is 0.133. The summed E-state index contributed by atoms with van der Waals surface area (Å²) in [5.74, 6) is 0.518. The Hall–Kier alpha value is -3.80. The lowest BCUT2D eigenvalue weighted by Crippen LogP contribution is -2.14. The van der Waals surface area contributed by atoms with Crippen molar-refractivity contribution >= 4 is 52.5 Å². The van der Waals surface area contributed by atoms with Gasteiger partial charge in [-0.25, -0.2) is 0 Å². The third kappa shape index (κ3) is 7.13. The van der Waals surface area contributed by atoms with Crippen molar-refractivity contribution in [1.82, 2.24) is 0 Å². The zero-order valence-electron chi connectivity index (χ0n) is 20.6. The standard InChI is InChI=1S/C30H26Cl2N2O3/c1-30(2,3)21-9-7-19(8-10-21)29(36)34-25-6-4-5-24(18-25)33-28(35)14-12-26-11-13-27(37-26)20-15-22(31)17-23(32)16-20/h4-18H,1-3H3,(H,33,35)(H,34,36)/b14-12+. The van der Waals surface area contributed by atoms with E-state index in [9.17, 15) is 9.59 Å². The fourth-order valence-electron chi connectivity index (χ4n) is 3.63. The first-order chi connectivity index (χ1) is 17.6. The Morgan fingerprint density at radius 1 is 0.811 bits per heavy atom. The first-order valence-electron chi connectivity index (χ1n) is 11.6. The molecule has 0 saturated carbocycles. The lowest BCUT2D eigenvalue weighted by molar-refractivity contribution is -0.111. The Morgan fingerprint density at radius 2 is 1.46 bits per heavy atom. The molecule has 0 unspecified atom stereocenters. The highest BCUT2D eigenvalue weighted by Crippen LogP contribution is 2.29. The van der Waals surface area contributed by atoms with E-state index < -0.39 is 0 Å². The summed E-state index contributed by atoms with van der Waals surface area (Å²) in [7, 11) is 0. The summed E-state index contributed by atoms with van der Waals surface area (Å²) in [6.45, 7) is 6.38. The number of benzene rings is 3. The normalized spacial score (nSPS) is 11.5. The van der Waals surface area contributed by atoms with E-state index in [0.29, 0.717) is 38.5 Å². The monoisotopic (exact) mass is 532 g/mol.